The lowest BCUT2D eigenvalue weighted by molar-refractivity contribution is -0.118. The Kier molecular flexibility index (Phi) is 6.99. The van der Waals surface area contributed by atoms with Crippen molar-refractivity contribution in [2.75, 3.05) is 5.32 Å². The number of amides is 2. The molecule has 7 heteroatoms. The van der Waals surface area contributed by atoms with E-state index < -0.39 is 6.04 Å². The topological polar surface area (TPSA) is 84.2 Å². The molecule has 2 atom stereocenters. The number of carbonyl (C=O) groups excluding carboxylic acids is 2. The lowest BCUT2D eigenvalue weighted by Gasteiger charge is -2.18. The molecule has 0 aliphatic heterocycles. The number of anilines is 1. The highest BCUT2D eigenvalue weighted by molar-refractivity contribution is 7.09. The van der Waals surface area contributed by atoms with Crippen LogP contribution in [0.2, 0.25) is 5.02 Å². The highest BCUT2D eigenvalue weighted by atomic mass is 35.5. The van der Waals surface area contributed by atoms with E-state index in [1.54, 1.807) is 29.5 Å². The summed E-state index contributed by atoms with van der Waals surface area (Å²) in [7, 11) is 0. The average molecular weight is 380 g/mol. The van der Waals surface area contributed by atoms with Crippen LogP contribution in [0, 0.1) is 5.92 Å². The third kappa shape index (κ3) is 5.29. The average Bonchev–Trinajstić information content (AvgIpc) is 3.13. The summed E-state index contributed by atoms with van der Waals surface area (Å²) in [5.74, 6) is -0.497. The van der Waals surface area contributed by atoms with Crippen LogP contribution in [0.1, 0.15) is 35.5 Å². The van der Waals surface area contributed by atoms with E-state index >= 15 is 0 Å². The summed E-state index contributed by atoms with van der Waals surface area (Å²) >= 11 is 7.69. The summed E-state index contributed by atoms with van der Waals surface area (Å²) in [6, 6.07) is 8.07. The molecule has 2 rings (SSSR count). The number of carbonyl (C=O) groups is 2. The van der Waals surface area contributed by atoms with Gasteiger partial charge in [0.15, 0.2) is 0 Å². The molecule has 0 bridgehead atoms. The molecule has 0 aliphatic carbocycles. The summed E-state index contributed by atoms with van der Waals surface area (Å²) < 4.78 is 0. The van der Waals surface area contributed by atoms with E-state index in [1.165, 1.54) is 0 Å². The van der Waals surface area contributed by atoms with Gasteiger partial charge in [0.05, 0.1) is 23.2 Å². The fourth-order valence-corrected chi connectivity index (χ4v) is 3.04. The van der Waals surface area contributed by atoms with Gasteiger partial charge in [-0.15, -0.1) is 11.3 Å². The molecule has 1 aromatic heterocycles. The monoisotopic (exact) mass is 379 g/mol. The molecule has 4 N–H and O–H groups in total. The highest BCUT2D eigenvalue weighted by Gasteiger charge is 2.20. The van der Waals surface area contributed by atoms with E-state index in [-0.39, 0.29) is 17.7 Å². The number of nitrogens with two attached hydrogens (primary N) is 1. The molecule has 2 unspecified atom stereocenters. The van der Waals surface area contributed by atoms with E-state index in [1.807, 2.05) is 31.4 Å². The Hall–Kier alpha value is -1.89. The van der Waals surface area contributed by atoms with Crippen LogP contribution in [0.25, 0.3) is 0 Å². The molecule has 0 radical (unpaired) electrons. The molecular weight excluding hydrogens is 358 g/mol. The van der Waals surface area contributed by atoms with Gasteiger partial charge in [-0.05, 0) is 35.6 Å². The zero-order valence-electron chi connectivity index (χ0n) is 14.2. The van der Waals surface area contributed by atoms with Gasteiger partial charge in [-0.3, -0.25) is 9.59 Å². The Bertz CT molecular complexity index is 734. The number of thiophene rings is 1. The molecule has 2 amide bonds. The Morgan fingerprint density at radius 1 is 1.32 bits per heavy atom. The van der Waals surface area contributed by atoms with Crippen molar-refractivity contribution in [3.05, 3.63) is 51.2 Å². The maximum Gasteiger partial charge on any atom is 0.253 e. The lowest BCUT2D eigenvalue weighted by atomic mass is 9.99. The van der Waals surface area contributed by atoms with Gasteiger partial charge in [0.1, 0.15) is 0 Å². The van der Waals surface area contributed by atoms with Gasteiger partial charge in [0.25, 0.3) is 5.91 Å². The van der Waals surface area contributed by atoms with Crippen molar-refractivity contribution in [2.24, 2.45) is 11.7 Å². The SMILES string of the molecule is CCC(C)C(N)C(=O)Nc1ccc(Cl)c(C(=O)NCc2cccs2)c1. The van der Waals surface area contributed by atoms with Crippen LogP contribution < -0.4 is 16.4 Å². The maximum absolute atomic E-state index is 12.4. The van der Waals surface area contributed by atoms with Gasteiger partial charge in [-0.1, -0.05) is 37.9 Å². The predicted molar refractivity (Wildman–Crippen MR) is 103 cm³/mol. The highest BCUT2D eigenvalue weighted by Crippen LogP contribution is 2.21. The van der Waals surface area contributed by atoms with Crippen LogP contribution in [-0.2, 0) is 11.3 Å². The second-order valence-corrected chi connectivity index (χ2v) is 7.30. The minimum Gasteiger partial charge on any atom is -0.347 e. The van der Waals surface area contributed by atoms with Crippen LogP contribution in [0.3, 0.4) is 0 Å². The lowest BCUT2D eigenvalue weighted by Crippen LogP contribution is -2.40. The van der Waals surface area contributed by atoms with Crippen LogP contribution in [0.15, 0.2) is 35.7 Å². The Balaban J connectivity index is 2.06. The first kappa shape index (κ1) is 19.4. The predicted octanol–water partition coefficient (Wildman–Crippen LogP) is 3.64. The molecule has 5 nitrogen and oxygen atoms in total. The fourth-order valence-electron chi connectivity index (χ4n) is 2.19. The van der Waals surface area contributed by atoms with Crippen molar-refractivity contribution in [2.45, 2.75) is 32.9 Å². The van der Waals surface area contributed by atoms with Crippen molar-refractivity contribution in [1.29, 1.82) is 0 Å². The van der Waals surface area contributed by atoms with Crippen molar-refractivity contribution in [3.8, 4) is 0 Å². The van der Waals surface area contributed by atoms with Crippen molar-refractivity contribution >= 4 is 40.4 Å². The molecule has 25 heavy (non-hydrogen) atoms. The van der Waals surface area contributed by atoms with E-state index in [2.05, 4.69) is 10.6 Å². The fraction of sp³-hybridized carbons (Fsp3) is 0.333. The second-order valence-electron chi connectivity index (χ2n) is 5.86. The summed E-state index contributed by atoms with van der Waals surface area (Å²) in [6.45, 7) is 4.34. The van der Waals surface area contributed by atoms with Crippen LogP contribution in [0.5, 0.6) is 0 Å². The zero-order chi connectivity index (χ0) is 18.4. The van der Waals surface area contributed by atoms with E-state index in [0.717, 1.165) is 11.3 Å². The minimum absolute atomic E-state index is 0.0702. The minimum atomic E-state index is -0.600. The number of hydrogen-bond donors (Lipinski definition) is 3. The zero-order valence-corrected chi connectivity index (χ0v) is 15.8. The standard InChI is InChI=1S/C18H22ClN3O2S/c1-3-11(2)16(20)18(24)22-12-6-7-15(19)14(9-12)17(23)21-10-13-5-4-8-25-13/h4-9,11,16H,3,10,20H2,1-2H3,(H,21,23)(H,22,24). The smallest absolute Gasteiger partial charge is 0.253 e. The molecule has 0 saturated heterocycles. The quantitative estimate of drug-likeness (QED) is 0.686. The third-order valence-corrected chi connectivity index (χ3v) is 5.25. The number of rotatable bonds is 7. The second kappa shape index (κ2) is 8.99. The Morgan fingerprint density at radius 3 is 2.72 bits per heavy atom. The molecule has 0 spiro atoms. The first-order chi connectivity index (χ1) is 11.9. The van der Waals surface area contributed by atoms with Gasteiger partial charge in [0.2, 0.25) is 5.91 Å². The van der Waals surface area contributed by atoms with E-state index in [4.69, 9.17) is 17.3 Å². The molecule has 2 aromatic rings. The van der Waals surface area contributed by atoms with Crippen molar-refractivity contribution < 1.29 is 9.59 Å². The maximum atomic E-state index is 12.4. The molecule has 134 valence electrons. The van der Waals surface area contributed by atoms with Crippen LogP contribution in [-0.4, -0.2) is 17.9 Å². The molecule has 1 aromatic carbocycles. The van der Waals surface area contributed by atoms with Gasteiger partial charge >= 0.3 is 0 Å². The van der Waals surface area contributed by atoms with Gasteiger partial charge in [-0.2, -0.15) is 0 Å². The number of halogens is 1. The van der Waals surface area contributed by atoms with E-state index in [9.17, 15) is 9.59 Å². The van der Waals surface area contributed by atoms with E-state index in [0.29, 0.717) is 22.8 Å². The van der Waals surface area contributed by atoms with Crippen LogP contribution in [0.4, 0.5) is 5.69 Å². The van der Waals surface area contributed by atoms with Crippen molar-refractivity contribution in [3.63, 3.8) is 0 Å². The van der Waals surface area contributed by atoms with Gasteiger partial charge < -0.3 is 16.4 Å². The summed E-state index contributed by atoms with van der Waals surface area (Å²) in [4.78, 5) is 25.6. The molecule has 1 heterocycles. The molecule has 0 saturated carbocycles. The summed E-state index contributed by atoms with van der Waals surface area (Å²) in [5, 5.41) is 7.85. The third-order valence-electron chi connectivity index (χ3n) is 4.04. The van der Waals surface area contributed by atoms with Gasteiger partial charge in [0, 0.05) is 10.6 Å². The molecule has 0 fully saturated rings. The first-order valence-electron chi connectivity index (χ1n) is 8.09. The van der Waals surface area contributed by atoms with Crippen molar-refractivity contribution in [1.82, 2.24) is 5.32 Å². The largest absolute Gasteiger partial charge is 0.347 e. The normalized spacial score (nSPS) is 13.1. The van der Waals surface area contributed by atoms with Gasteiger partial charge in [-0.25, -0.2) is 0 Å². The molecule has 0 aliphatic rings. The number of nitrogens with one attached hydrogen (secondary N) is 2. The first-order valence-corrected chi connectivity index (χ1v) is 9.34. The Labute approximate surface area is 156 Å². The summed E-state index contributed by atoms with van der Waals surface area (Å²) in [5.41, 5.74) is 6.74. The Morgan fingerprint density at radius 2 is 2.08 bits per heavy atom. The number of hydrogen-bond acceptors (Lipinski definition) is 4. The number of benzene rings is 1. The summed E-state index contributed by atoms with van der Waals surface area (Å²) in [6.07, 6.45) is 0.811. The molecular formula is C18H22ClN3O2S. The van der Waals surface area contributed by atoms with Crippen LogP contribution >= 0.6 is 22.9 Å².